The van der Waals surface area contributed by atoms with Gasteiger partial charge in [-0.15, -0.1) is 0 Å². The number of aromatic nitrogens is 2. The molecule has 33 heavy (non-hydrogen) atoms. The monoisotopic (exact) mass is 453 g/mol. The predicted octanol–water partition coefficient (Wildman–Crippen LogP) is 4.39. The lowest BCUT2D eigenvalue weighted by atomic mass is 9.95. The number of hydrogen-bond acceptors (Lipinski definition) is 2. The Morgan fingerprint density at radius 2 is 1.58 bits per heavy atom. The standard InChI is InChI=1S/C24H20BF4N3O/c25-18-5-2-16(3-6-18)15-32-21-11-4-17(24(27,28)29)14-22(21)31(23(32)30)12-1-13-33-20-9-7-19(26)8-10-20/h2-11,14,30H,1,12-13,15H2. The SMILES string of the molecule is [B]c1ccc(Cn2c(=N)n(CCCOc3ccc(F)cc3)c3cc(C(F)(F)F)ccc32)cc1. The van der Waals surface area contributed by atoms with Crippen molar-refractivity contribution in [3.05, 3.63) is 89.3 Å². The van der Waals surface area contributed by atoms with Gasteiger partial charge in [0.25, 0.3) is 0 Å². The van der Waals surface area contributed by atoms with Crippen LogP contribution in [0.4, 0.5) is 17.6 Å². The number of aryl methyl sites for hydroxylation is 1. The second-order valence-corrected chi connectivity index (χ2v) is 7.66. The summed E-state index contributed by atoms with van der Waals surface area (Å²) in [6.07, 6.45) is -4.04. The van der Waals surface area contributed by atoms with Gasteiger partial charge in [-0.2, -0.15) is 13.2 Å². The van der Waals surface area contributed by atoms with E-state index in [0.717, 1.165) is 17.7 Å². The lowest BCUT2D eigenvalue weighted by Gasteiger charge is -2.09. The van der Waals surface area contributed by atoms with Gasteiger partial charge >= 0.3 is 6.18 Å². The highest BCUT2D eigenvalue weighted by atomic mass is 19.4. The topological polar surface area (TPSA) is 42.9 Å². The summed E-state index contributed by atoms with van der Waals surface area (Å²) in [5.41, 5.74) is 1.66. The van der Waals surface area contributed by atoms with E-state index in [1.54, 1.807) is 21.3 Å². The number of nitrogens with zero attached hydrogens (tertiary/aromatic N) is 2. The van der Waals surface area contributed by atoms with Gasteiger partial charge in [-0.25, -0.2) is 4.39 Å². The fraction of sp³-hybridized carbons (Fsp3) is 0.208. The molecule has 0 fully saturated rings. The van der Waals surface area contributed by atoms with Crippen LogP contribution in [0.1, 0.15) is 17.5 Å². The number of fused-ring (bicyclic) bond motifs is 1. The molecule has 4 nitrogen and oxygen atoms in total. The number of nitrogens with one attached hydrogen (secondary N) is 1. The minimum atomic E-state index is -4.49. The van der Waals surface area contributed by atoms with Crippen LogP contribution in [-0.4, -0.2) is 23.6 Å². The molecular weight excluding hydrogens is 433 g/mol. The molecule has 0 saturated carbocycles. The van der Waals surface area contributed by atoms with Crippen molar-refractivity contribution in [2.45, 2.75) is 25.7 Å². The molecule has 4 aromatic rings. The maximum atomic E-state index is 13.3. The molecule has 0 aliphatic carbocycles. The van der Waals surface area contributed by atoms with Crippen LogP contribution in [0.25, 0.3) is 11.0 Å². The van der Waals surface area contributed by atoms with Crippen LogP contribution in [0.5, 0.6) is 5.75 Å². The first-order chi connectivity index (χ1) is 15.7. The predicted molar refractivity (Wildman–Crippen MR) is 118 cm³/mol. The molecule has 168 valence electrons. The van der Waals surface area contributed by atoms with Crippen molar-refractivity contribution in [2.24, 2.45) is 0 Å². The fourth-order valence-electron chi connectivity index (χ4n) is 3.65. The number of imidazole rings is 1. The van der Waals surface area contributed by atoms with Crippen molar-refractivity contribution in [3.8, 4) is 5.75 Å². The Morgan fingerprint density at radius 3 is 2.24 bits per heavy atom. The molecule has 0 saturated heterocycles. The number of alkyl halides is 3. The molecule has 3 aromatic carbocycles. The molecule has 1 heterocycles. The zero-order valence-corrected chi connectivity index (χ0v) is 17.6. The Morgan fingerprint density at radius 1 is 0.879 bits per heavy atom. The summed E-state index contributed by atoms with van der Waals surface area (Å²) in [6.45, 7) is 0.869. The van der Waals surface area contributed by atoms with Gasteiger partial charge in [0.1, 0.15) is 19.4 Å². The molecule has 1 aromatic heterocycles. The largest absolute Gasteiger partial charge is 0.494 e. The zero-order chi connectivity index (χ0) is 23.6. The summed E-state index contributed by atoms with van der Waals surface area (Å²) in [6, 6.07) is 16.2. The molecule has 4 rings (SSSR count). The summed E-state index contributed by atoms with van der Waals surface area (Å²) < 4.78 is 61.8. The summed E-state index contributed by atoms with van der Waals surface area (Å²) in [5, 5.41) is 8.65. The van der Waals surface area contributed by atoms with Crippen molar-refractivity contribution in [1.29, 1.82) is 5.41 Å². The molecule has 0 aliphatic heterocycles. The van der Waals surface area contributed by atoms with Crippen LogP contribution >= 0.6 is 0 Å². The normalized spacial score (nSPS) is 11.8. The van der Waals surface area contributed by atoms with Gasteiger partial charge in [-0.05, 0) is 54.4 Å². The number of rotatable bonds is 7. The Bertz CT molecular complexity index is 1310. The highest BCUT2D eigenvalue weighted by molar-refractivity contribution is 6.32. The van der Waals surface area contributed by atoms with Gasteiger partial charge in [0.15, 0.2) is 0 Å². The van der Waals surface area contributed by atoms with E-state index in [1.165, 1.54) is 30.3 Å². The molecule has 0 atom stereocenters. The molecule has 1 N–H and O–H groups in total. The van der Waals surface area contributed by atoms with Crippen molar-refractivity contribution < 1.29 is 22.3 Å². The van der Waals surface area contributed by atoms with E-state index < -0.39 is 11.7 Å². The third kappa shape index (κ3) is 5.13. The van der Waals surface area contributed by atoms with Gasteiger partial charge in [0, 0.05) is 6.54 Å². The van der Waals surface area contributed by atoms with Gasteiger partial charge in [0.2, 0.25) is 5.62 Å². The fourth-order valence-corrected chi connectivity index (χ4v) is 3.65. The van der Waals surface area contributed by atoms with Gasteiger partial charge < -0.3 is 13.9 Å². The Hall–Kier alpha value is -3.49. The van der Waals surface area contributed by atoms with Gasteiger partial charge in [-0.1, -0.05) is 29.7 Å². The Kier molecular flexibility index (Phi) is 6.31. The summed E-state index contributed by atoms with van der Waals surface area (Å²) in [4.78, 5) is 0. The number of hydrogen-bond donors (Lipinski definition) is 1. The third-order valence-electron chi connectivity index (χ3n) is 5.32. The van der Waals surface area contributed by atoms with E-state index in [9.17, 15) is 17.6 Å². The van der Waals surface area contributed by atoms with Gasteiger partial charge in [0.05, 0.1) is 29.7 Å². The summed E-state index contributed by atoms with van der Waals surface area (Å²) >= 11 is 0. The molecule has 0 unspecified atom stereocenters. The number of ether oxygens (including phenoxy) is 1. The minimum absolute atomic E-state index is 0.0860. The van der Waals surface area contributed by atoms with Crippen molar-refractivity contribution in [1.82, 2.24) is 9.13 Å². The zero-order valence-electron chi connectivity index (χ0n) is 17.6. The first kappa shape index (κ1) is 22.7. The average molecular weight is 453 g/mol. The molecule has 0 bridgehead atoms. The average Bonchev–Trinajstić information content (AvgIpc) is 3.04. The summed E-state index contributed by atoms with van der Waals surface area (Å²) in [5.74, 6) is 0.128. The van der Waals surface area contributed by atoms with Crippen LogP contribution < -0.4 is 15.8 Å². The molecule has 9 heteroatoms. The van der Waals surface area contributed by atoms with Crippen LogP contribution in [0.3, 0.4) is 0 Å². The lowest BCUT2D eigenvalue weighted by Crippen LogP contribution is -2.25. The number of benzene rings is 3. The highest BCUT2D eigenvalue weighted by Crippen LogP contribution is 2.31. The van der Waals surface area contributed by atoms with Crippen LogP contribution in [0.2, 0.25) is 0 Å². The van der Waals surface area contributed by atoms with Crippen molar-refractivity contribution >= 4 is 24.3 Å². The third-order valence-corrected chi connectivity index (χ3v) is 5.32. The summed E-state index contributed by atoms with van der Waals surface area (Å²) in [7, 11) is 5.73. The van der Waals surface area contributed by atoms with Crippen molar-refractivity contribution in [2.75, 3.05) is 6.61 Å². The van der Waals surface area contributed by atoms with Gasteiger partial charge in [-0.3, -0.25) is 5.41 Å². The quantitative estimate of drug-likeness (QED) is 0.252. The number of halogens is 4. The van der Waals surface area contributed by atoms with E-state index >= 15 is 0 Å². The first-order valence-corrected chi connectivity index (χ1v) is 10.3. The lowest BCUT2D eigenvalue weighted by molar-refractivity contribution is -0.137. The highest BCUT2D eigenvalue weighted by Gasteiger charge is 2.31. The maximum Gasteiger partial charge on any atom is 0.416 e. The molecule has 0 amide bonds. The Balaban J connectivity index is 1.62. The van der Waals surface area contributed by atoms with Crippen LogP contribution in [-0.2, 0) is 19.3 Å². The molecule has 0 spiro atoms. The van der Waals surface area contributed by atoms with E-state index in [4.69, 9.17) is 18.0 Å². The smallest absolute Gasteiger partial charge is 0.416 e. The molecular formula is C24H20BF4N3O. The van der Waals surface area contributed by atoms with E-state index in [0.29, 0.717) is 35.2 Å². The maximum absolute atomic E-state index is 13.3. The van der Waals surface area contributed by atoms with E-state index in [2.05, 4.69) is 0 Å². The van der Waals surface area contributed by atoms with Crippen LogP contribution in [0, 0.1) is 11.2 Å². The molecule has 2 radical (unpaired) electrons. The van der Waals surface area contributed by atoms with Crippen LogP contribution in [0.15, 0.2) is 66.7 Å². The first-order valence-electron chi connectivity index (χ1n) is 10.3. The molecule has 0 aliphatic rings. The second-order valence-electron chi connectivity index (χ2n) is 7.66. The minimum Gasteiger partial charge on any atom is -0.494 e. The van der Waals surface area contributed by atoms with E-state index in [1.807, 2.05) is 12.1 Å². The van der Waals surface area contributed by atoms with E-state index in [-0.39, 0.29) is 24.6 Å². The van der Waals surface area contributed by atoms with Crippen molar-refractivity contribution in [3.63, 3.8) is 0 Å². The Labute approximate surface area is 189 Å². The second kappa shape index (κ2) is 9.17.